The molecule has 14 heteroatoms. The lowest BCUT2D eigenvalue weighted by atomic mass is 9.93. The van der Waals surface area contributed by atoms with Crippen LogP contribution in [0.15, 0.2) is 53.2 Å². The number of ether oxygens (including phenoxy) is 1. The van der Waals surface area contributed by atoms with Crippen LogP contribution in [0.4, 0.5) is 22.0 Å². The number of hydroxylamine groups is 2. The Morgan fingerprint density at radius 1 is 1.07 bits per heavy atom. The first-order valence-electron chi connectivity index (χ1n) is 13.5. The van der Waals surface area contributed by atoms with Crippen LogP contribution >= 0.6 is 0 Å². The largest absolute Gasteiger partial charge is 0.492 e. The lowest BCUT2D eigenvalue weighted by Gasteiger charge is -2.14. The number of carbonyl (C=O) groups excluding carboxylic acids is 2. The molecule has 1 fully saturated rings. The Balaban J connectivity index is 1.17. The number of pyridine rings is 1. The van der Waals surface area contributed by atoms with Crippen molar-refractivity contribution in [1.29, 1.82) is 0 Å². The molecule has 3 amide bonds. The van der Waals surface area contributed by atoms with Gasteiger partial charge in [-0.15, -0.1) is 0 Å². The molecule has 1 atom stereocenters. The molecule has 1 aromatic carbocycles. The quantitative estimate of drug-likeness (QED) is 0.264. The number of amides is 3. The highest BCUT2D eigenvalue weighted by molar-refractivity contribution is 7.85. The van der Waals surface area contributed by atoms with Gasteiger partial charge >= 0.3 is 6.03 Å². The van der Waals surface area contributed by atoms with E-state index in [2.05, 4.69) is 26.1 Å². The number of urea groups is 1. The van der Waals surface area contributed by atoms with Gasteiger partial charge in [-0.3, -0.25) is 10.1 Å². The summed E-state index contributed by atoms with van der Waals surface area (Å²) in [6, 6.07) is 11.1. The van der Waals surface area contributed by atoms with Gasteiger partial charge in [0.15, 0.2) is 5.82 Å². The Morgan fingerprint density at radius 3 is 2.40 bits per heavy atom. The average Bonchev–Trinajstić information content (AvgIpc) is 3.56. The Kier molecular flexibility index (Phi) is 9.81. The van der Waals surface area contributed by atoms with E-state index in [9.17, 15) is 18.0 Å². The summed E-state index contributed by atoms with van der Waals surface area (Å²) in [5.74, 6) is 1.48. The van der Waals surface area contributed by atoms with Crippen LogP contribution in [0.25, 0.3) is 0 Å². The minimum Gasteiger partial charge on any atom is -0.492 e. The molecule has 3 aromatic rings. The molecule has 1 saturated heterocycles. The predicted molar refractivity (Wildman–Crippen MR) is 157 cm³/mol. The standard InChI is InChI=1S/C28H36N6O7S/c1-28(2,3)24-16-25(33-40-24)32-27(36)31-21-9-7-20(8-10-21)30-26(35)23-12-11-22(17-29-23)39-15-5-6-19-13-14-34(18-19)41-42(4,37)38/h7-12,16-17,19H,5-6,13-15,18H2,1-4H3,(H,30,35)(H2,31,32,33,36)/t19-/m1/s1. The summed E-state index contributed by atoms with van der Waals surface area (Å²) in [6.45, 7) is 7.59. The van der Waals surface area contributed by atoms with Gasteiger partial charge < -0.3 is 19.9 Å². The molecule has 0 bridgehead atoms. The highest BCUT2D eigenvalue weighted by Gasteiger charge is 2.25. The zero-order chi connectivity index (χ0) is 30.3. The number of anilines is 3. The average molecular weight is 601 g/mol. The number of carbonyl (C=O) groups is 2. The maximum Gasteiger partial charge on any atom is 0.324 e. The molecule has 1 aliphatic heterocycles. The first-order valence-corrected chi connectivity index (χ1v) is 15.4. The van der Waals surface area contributed by atoms with Crippen molar-refractivity contribution in [2.24, 2.45) is 5.92 Å². The summed E-state index contributed by atoms with van der Waals surface area (Å²) in [5, 5.41) is 13.4. The summed E-state index contributed by atoms with van der Waals surface area (Å²) >= 11 is 0. The van der Waals surface area contributed by atoms with Gasteiger partial charge in [0.05, 0.1) is 19.1 Å². The highest BCUT2D eigenvalue weighted by atomic mass is 32.2. The summed E-state index contributed by atoms with van der Waals surface area (Å²) in [7, 11) is -3.49. The zero-order valence-electron chi connectivity index (χ0n) is 24.0. The van der Waals surface area contributed by atoms with Crippen LogP contribution in [0.5, 0.6) is 5.75 Å². The third-order valence-electron chi connectivity index (χ3n) is 6.38. The van der Waals surface area contributed by atoms with Crippen LogP contribution in [0.1, 0.15) is 56.3 Å². The van der Waals surface area contributed by atoms with Crippen LogP contribution in [0.2, 0.25) is 0 Å². The molecule has 3 N–H and O–H groups in total. The number of rotatable bonds is 11. The van der Waals surface area contributed by atoms with Crippen molar-refractivity contribution >= 4 is 39.2 Å². The lowest BCUT2D eigenvalue weighted by molar-refractivity contribution is -0.0301. The van der Waals surface area contributed by atoms with Crippen molar-refractivity contribution < 1.29 is 31.6 Å². The van der Waals surface area contributed by atoms with Crippen molar-refractivity contribution in [2.75, 3.05) is 41.9 Å². The molecule has 0 saturated carbocycles. The van der Waals surface area contributed by atoms with Crippen molar-refractivity contribution in [3.8, 4) is 5.75 Å². The van der Waals surface area contributed by atoms with E-state index in [4.69, 9.17) is 13.5 Å². The number of nitrogens with one attached hydrogen (secondary N) is 3. The second kappa shape index (κ2) is 13.3. The van der Waals surface area contributed by atoms with Gasteiger partial charge in [0.2, 0.25) is 0 Å². The summed E-state index contributed by atoms with van der Waals surface area (Å²) in [4.78, 5) is 29.1. The van der Waals surface area contributed by atoms with E-state index in [0.29, 0.717) is 54.3 Å². The smallest absolute Gasteiger partial charge is 0.324 e. The van der Waals surface area contributed by atoms with Crippen LogP contribution in [0, 0.1) is 5.92 Å². The molecule has 0 radical (unpaired) electrons. The van der Waals surface area contributed by atoms with Gasteiger partial charge in [-0.2, -0.15) is 17.8 Å². The number of hydrogen-bond donors (Lipinski definition) is 3. The molecule has 0 aliphatic carbocycles. The van der Waals surface area contributed by atoms with Gasteiger partial charge in [0.1, 0.15) is 17.2 Å². The van der Waals surface area contributed by atoms with E-state index in [1.165, 1.54) is 11.3 Å². The van der Waals surface area contributed by atoms with Crippen molar-refractivity contribution in [3.63, 3.8) is 0 Å². The van der Waals surface area contributed by atoms with E-state index < -0.39 is 16.1 Å². The molecule has 13 nitrogen and oxygen atoms in total. The summed E-state index contributed by atoms with van der Waals surface area (Å²) < 4.78 is 38.4. The molecule has 2 aromatic heterocycles. The van der Waals surface area contributed by atoms with Crippen molar-refractivity contribution in [1.82, 2.24) is 15.2 Å². The molecule has 226 valence electrons. The third-order valence-corrected chi connectivity index (χ3v) is 6.86. The van der Waals surface area contributed by atoms with Crippen LogP contribution in [0.3, 0.4) is 0 Å². The second-order valence-electron chi connectivity index (χ2n) is 11.1. The minimum absolute atomic E-state index is 0.225. The molecule has 1 aliphatic rings. The number of nitrogens with zero attached hydrogens (tertiary/aromatic N) is 3. The Hall–Kier alpha value is -4.01. The van der Waals surface area contributed by atoms with Crippen molar-refractivity contribution in [2.45, 2.75) is 45.4 Å². The maximum absolute atomic E-state index is 12.6. The van der Waals surface area contributed by atoms with Gasteiger partial charge in [-0.25, -0.2) is 9.78 Å². The van der Waals surface area contributed by atoms with Gasteiger partial charge in [0.25, 0.3) is 16.0 Å². The molecule has 0 unspecified atom stereocenters. The van der Waals surface area contributed by atoms with E-state index in [-0.39, 0.29) is 17.0 Å². The monoisotopic (exact) mass is 600 g/mol. The molecule has 42 heavy (non-hydrogen) atoms. The fourth-order valence-electron chi connectivity index (χ4n) is 4.25. The zero-order valence-corrected chi connectivity index (χ0v) is 24.9. The maximum atomic E-state index is 12.6. The Bertz CT molecular complexity index is 1470. The van der Waals surface area contributed by atoms with E-state index in [1.807, 2.05) is 20.8 Å². The van der Waals surface area contributed by atoms with Crippen molar-refractivity contribution in [3.05, 3.63) is 60.1 Å². The first-order chi connectivity index (χ1) is 19.8. The van der Waals surface area contributed by atoms with E-state index in [1.54, 1.807) is 42.5 Å². The van der Waals surface area contributed by atoms with E-state index in [0.717, 1.165) is 25.5 Å². The number of hydrogen-bond acceptors (Lipinski definition) is 10. The number of benzene rings is 1. The van der Waals surface area contributed by atoms with Gasteiger partial charge in [-0.05, 0) is 61.6 Å². The normalized spacial score (nSPS) is 15.8. The van der Waals surface area contributed by atoms with Gasteiger partial charge in [0, 0.05) is 35.9 Å². The molecule has 0 spiro atoms. The Morgan fingerprint density at radius 2 is 1.79 bits per heavy atom. The molecule has 3 heterocycles. The van der Waals surface area contributed by atoms with Crippen LogP contribution in [-0.4, -0.2) is 61.5 Å². The highest BCUT2D eigenvalue weighted by Crippen LogP contribution is 2.25. The lowest BCUT2D eigenvalue weighted by Crippen LogP contribution is -2.24. The third kappa shape index (κ3) is 9.53. The SMILES string of the molecule is CC(C)(C)c1cc(NC(=O)Nc2ccc(NC(=O)c3ccc(OCCC[C@@H]4CCN(OS(C)(=O)=O)C4)cn3)cc2)no1. The molecule has 4 rings (SSSR count). The molecular weight excluding hydrogens is 564 g/mol. The topological polar surface area (TPSA) is 165 Å². The predicted octanol–water partition coefficient (Wildman–Crippen LogP) is 4.64. The second-order valence-corrected chi connectivity index (χ2v) is 12.7. The van der Waals surface area contributed by atoms with E-state index >= 15 is 0 Å². The van der Waals surface area contributed by atoms with Crippen LogP contribution < -0.4 is 20.7 Å². The summed E-state index contributed by atoms with van der Waals surface area (Å²) in [6.07, 6.45) is 5.09. The summed E-state index contributed by atoms with van der Waals surface area (Å²) in [5.41, 5.74) is 1.06. The number of aromatic nitrogens is 2. The minimum atomic E-state index is -3.49. The Labute approximate surface area is 245 Å². The fourth-order valence-corrected chi connectivity index (χ4v) is 4.77. The van der Waals surface area contributed by atoms with Crippen LogP contribution in [-0.2, 0) is 19.8 Å². The first kappa shape index (κ1) is 30.9. The molecular formula is C28H36N6O7S. The fraction of sp³-hybridized carbons (Fsp3) is 0.429. The van der Waals surface area contributed by atoms with Gasteiger partial charge in [-0.1, -0.05) is 25.9 Å².